The number of nitrogens with zero attached hydrogens (tertiary/aromatic N) is 1. The summed E-state index contributed by atoms with van der Waals surface area (Å²) in [5.41, 5.74) is 1.82. The van der Waals surface area contributed by atoms with Crippen LogP contribution in [0.3, 0.4) is 0 Å². The lowest BCUT2D eigenvalue weighted by molar-refractivity contribution is 0.244. The Bertz CT molecular complexity index is 1010. The number of fused-ring (bicyclic) bond motifs is 1. The molecule has 120 valence electrons. The van der Waals surface area contributed by atoms with E-state index in [1.807, 2.05) is 62.4 Å². The van der Waals surface area contributed by atoms with Crippen molar-refractivity contribution in [3.8, 4) is 22.9 Å². The van der Waals surface area contributed by atoms with Crippen molar-refractivity contribution in [1.82, 2.24) is 4.98 Å². The Kier molecular flexibility index (Phi) is 4.09. The molecule has 0 saturated carbocycles. The Morgan fingerprint density at radius 3 is 2.62 bits per heavy atom. The van der Waals surface area contributed by atoms with E-state index < -0.39 is 0 Å². The van der Waals surface area contributed by atoms with Gasteiger partial charge in [-0.15, -0.1) is 0 Å². The maximum absolute atomic E-state index is 12.2. The van der Waals surface area contributed by atoms with E-state index in [0.29, 0.717) is 17.0 Å². The van der Waals surface area contributed by atoms with Gasteiger partial charge in [0.25, 0.3) is 5.56 Å². The van der Waals surface area contributed by atoms with Crippen molar-refractivity contribution in [3.05, 3.63) is 64.1 Å². The van der Waals surface area contributed by atoms with Crippen LogP contribution in [0.15, 0.2) is 47.3 Å². The van der Waals surface area contributed by atoms with Crippen LogP contribution in [-0.4, -0.2) is 11.1 Å². The Morgan fingerprint density at radius 1 is 1.17 bits per heavy atom. The zero-order chi connectivity index (χ0) is 17.3. The summed E-state index contributed by atoms with van der Waals surface area (Å²) in [5, 5.41) is 11.5. The molecule has 1 N–H and O–H groups in total. The van der Waals surface area contributed by atoms with Gasteiger partial charge in [0.05, 0.1) is 6.10 Å². The van der Waals surface area contributed by atoms with Gasteiger partial charge in [-0.05, 0) is 43.7 Å². The van der Waals surface area contributed by atoms with E-state index in [0.717, 1.165) is 16.3 Å². The van der Waals surface area contributed by atoms with Gasteiger partial charge in [0.2, 0.25) is 0 Å². The second kappa shape index (κ2) is 6.21. The maximum atomic E-state index is 12.2. The average molecular weight is 318 g/mol. The first-order valence-electron chi connectivity index (χ1n) is 7.84. The normalized spacial score (nSPS) is 10.8. The van der Waals surface area contributed by atoms with Crippen LogP contribution in [-0.2, 0) is 0 Å². The molecular formula is C20H18N2O2. The summed E-state index contributed by atoms with van der Waals surface area (Å²) in [6.45, 7) is 5.71. The van der Waals surface area contributed by atoms with E-state index in [1.54, 1.807) is 6.92 Å². The predicted octanol–water partition coefficient (Wildman–Crippen LogP) is 4.16. The van der Waals surface area contributed by atoms with Gasteiger partial charge in [0.15, 0.2) is 0 Å². The molecular weight excluding hydrogens is 300 g/mol. The van der Waals surface area contributed by atoms with Gasteiger partial charge in [0.1, 0.15) is 17.4 Å². The minimum Gasteiger partial charge on any atom is -0.490 e. The van der Waals surface area contributed by atoms with Crippen molar-refractivity contribution in [2.24, 2.45) is 0 Å². The van der Waals surface area contributed by atoms with Crippen molar-refractivity contribution in [3.63, 3.8) is 0 Å². The topological polar surface area (TPSA) is 65.9 Å². The first kappa shape index (κ1) is 15.8. The molecule has 24 heavy (non-hydrogen) atoms. The molecule has 0 bridgehead atoms. The molecule has 0 aliphatic heterocycles. The largest absolute Gasteiger partial charge is 0.490 e. The van der Waals surface area contributed by atoms with Gasteiger partial charge in [-0.2, -0.15) is 5.26 Å². The van der Waals surface area contributed by atoms with Crippen molar-refractivity contribution in [1.29, 1.82) is 5.26 Å². The number of benzene rings is 2. The standard InChI is InChI=1S/C20H18N2O2/c1-12(2)24-18-9-8-14-6-4-5-7-15(14)19(18)16-10-13(3)22-20(23)17(16)11-21/h4-10,12H,1-3H3,(H,22,23). The highest BCUT2D eigenvalue weighted by atomic mass is 16.5. The van der Waals surface area contributed by atoms with Gasteiger partial charge in [-0.25, -0.2) is 0 Å². The molecule has 4 heteroatoms. The second-order valence-electron chi connectivity index (χ2n) is 6.01. The molecule has 0 aliphatic rings. The third-order valence-electron chi connectivity index (χ3n) is 3.80. The van der Waals surface area contributed by atoms with Gasteiger partial charge in [-0.1, -0.05) is 30.3 Å². The number of hydrogen-bond acceptors (Lipinski definition) is 3. The minimum absolute atomic E-state index is 0.0152. The molecule has 0 spiro atoms. The molecule has 0 atom stereocenters. The number of nitriles is 1. The van der Waals surface area contributed by atoms with Crippen LogP contribution in [0.2, 0.25) is 0 Å². The van der Waals surface area contributed by atoms with Crippen molar-refractivity contribution in [2.45, 2.75) is 26.9 Å². The summed E-state index contributed by atoms with van der Waals surface area (Å²) in [4.78, 5) is 14.9. The zero-order valence-electron chi connectivity index (χ0n) is 13.9. The van der Waals surface area contributed by atoms with Gasteiger partial charge in [0, 0.05) is 16.8 Å². The SMILES string of the molecule is Cc1cc(-c2c(OC(C)C)ccc3ccccc23)c(C#N)c(=O)[nH]1. The van der Waals surface area contributed by atoms with Crippen LogP contribution in [0, 0.1) is 18.3 Å². The van der Waals surface area contributed by atoms with E-state index in [2.05, 4.69) is 4.98 Å². The lowest BCUT2D eigenvalue weighted by atomic mass is 9.94. The fourth-order valence-corrected chi connectivity index (χ4v) is 2.88. The van der Waals surface area contributed by atoms with Crippen molar-refractivity contribution >= 4 is 10.8 Å². The maximum Gasteiger partial charge on any atom is 0.266 e. The summed E-state index contributed by atoms with van der Waals surface area (Å²) in [5.74, 6) is 0.671. The van der Waals surface area contributed by atoms with Gasteiger partial charge >= 0.3 is 0 Å². The highest BCUT2D eigenvalue weighted by Gasteiger charge is 2.18. The van der Waals surface area contributed by atoms with Crippen molar-refractivity contribution in [2.75, 3.05) is 0 Å². The smallest absolute Gasteiger partial charge is 0.266 e. The Labute approximate surface area is 140 Å². The van der Waals surface area contributed by atoms with Crippen LogP contribution >= 0.6 is 0 Å². The molecule has 0 saturated heterocycles. The number of H-pyrrole nitrogens is 1. The first-order chi connectivity index (χ1) is 11.5. The summed E-state index contributed by atoms with van der Waals surface area (Å²) in [6, 6.07) is 15.6. The third kappa shape index (κ3) is 2.77. The van der Waals surface area contributed by atoms with Crippen LogP contribution < -0.4 is 10.3 Å². The number of aryl methyl sites for hydroxylation is 1. The van der Waals surface area contributed by atoms with Gasteiger partial charge in [-0.3, -0.25) is 4.79 Å². The number of aromatic nitrogens is 1. The molecule has 3 rings (SSSR count). The molecule has 0 unspecified atom stereocenters. The number of nitrogens with one attached hydrogen (secondary N) is 1. The molecule has 0 amide bonds. The highest BCUT2D eigenvalue weighted by molar-refractivity contribution is 6.00. The van der Waals surface area contributed by atoms with E-state index in [1.165, 1.54) is 0 Å². The molecule has 3 aromatic rings. The fourth-order valence-electron chi connectivity index (χ4n) is 2.88. The summed E-state index contributed by atoms with van der Waals surface area (Å²) < 4.78 is 5.97. The second-order valence-corrected chi connectivity index (χ2v) is 6.01. The average Bonchev–Trinajstić information content (AvgIpc) is 2.53. The molecule has 2 aromatic carbocycles. The fraction of sp³-hybridized carbons (Fsp3) is 0.200. The van der Waals surface area contributed by atoms with E-state index in [9.17, 15) is 10.1 Å². The monoisotopic (exact) mass is 318 g/mol. The molecule has 1 aromatic heterocycles. The quantitative estimate of drug-likeness (QED) is 0.788. The summed E-state index contributed by atoms with van der Waals surface area (Å²) in [6.07, 6.45) is -0.0152. The molecule has 4 nitrogen and oxygen atoms in total. The van der Waals surface area contributed by atoms with E-state index in [4.69, 9.17) is 4.74 Å². The third-order valence-corrected chi connectivity index (χ3v) is 3.80. The van der Waals surface area contributed by atoms with Crippen LogP contribution in [0.4, 0.5) is 0 Å². The number of ether oxygens (including phenoxy) is 1. The minimum atomic E-state index is -0.379. The van der Waals surface area contributed by atoms with E-state index in [-0.39, 0.29) is 17.2 Å². The Morgan fingerprint density at radius 2 is 1.92 bits per heavy atom. The molecule has 0 radical (unpaired) electrons. The predicted molar refractivity (Wildman–Crippen MR) is 95.2 cm³/mol. The number of pyridine rings is 1. The van der Waals surface area contributed by atoms with Gasteiger partial charge < -0.3 is 9.72 Å². The highest BCUT2D eigenvalue weighted by Crippen LogP contribution is 2.38. The number of rotatable bonds is 3. The first-order valence-corrected chi connectivity index (χ1v) is 7.84. The van der Waals surface area contributed by atoms with Crippen LogP contribution in [0.5, 0.6) is 5.75 Å². The Balaban J connectivity index is 2.45. The lowest BCUT2D eigenvalue weighted by Gasteiger charge is -2.17. The summed E-state index contributed by atoms with van der Waals surface area (Å²) >= 11 is 0. The number of hydrogen-bond donors (Lipinski definition) is 1. The Hall–Kier alpha value is -3.06. The molecule has 1 heterocycles. The summed E-state index contributed by atoms with van der Waals surface area (Å²) in [7, 11) is 0. The lowest BCUT2D eigenvalue weighted by Crippen LogP contribution is -2.14. The van der Waals surface area contributed by atoms with E-state index >= 15 is 0 Å². The van der Waals surface area contributed by atoms with Crippen LogP contribution in [0.1, 0.15) is 25.1 Å². The zero-order valence-corrected chi connectivity index (χ0v) is 13.9. The molecule has 0 aliphatic carbocycles. The molecule has 0 fully saturated rings. The van der Waals surface area contributed by atoms with Crippen LogP contribution in [0.25, 0.3) is 21.9 Å². The number of aromatic amines is 1. The van der Waals surface area contributed by atoms with Crippen molar-refractivity contribution < 1.29 is 4.74 Å².